The first-order valence-electron chi connectivity index (χ1n) is 5.95. The maximum absolute atomic E-state index is 12.2. The summed E-state index contributed by atoms with van der Waals surface area (Å²) in [5.74, 6) is 1.55. The van der Waals surface area contributed by atoms with Crippen LogP contribution in [0.2, 0.25) is 0 Å². The van der Waals surface area contributed by atoms with Crippen molar-refractivity contribution in [1.29, 1.82) is 0 Å². The number of rotatable bonds is 3. The van der Waals surface area contributed by atoms with Gasteiger partial charge in [-0.2, -0.15) is 0 Å². The van der Waals surface area contributed by atoms with Gasteiger partial charge >= 0.3 is 0 Å². The Kier molecular flexibility index (Phi) is 3.92. The number of carbonyl (C=O) groups is 1. The molecular weight excluding hydrogens is 208 g/mol. The first-order chi connectivity index (χ1) is 7.33. The van der Waals surface area contributed by atoms with Crippen LogP contribution in [0.3, 0.4) is 0 Å². The SMILES string of the molecule is CCN(C(=O)C1CCCS1)C1CCNC1. The Morgan fingerprint density at radius 3 is 2.93 bits per heavy atom. The van der Waals surface area contributed by atoms with E-state index in [2.05, 4.69) is 17.1 Å². The Morgan fingerprint density at radius 2 is 2.40 bits per heavy atom. The van der Waals surface area contributed by atoms with Crippen LogP contribution in [0.1, 0.15) is 26.2 Å². The Morgan fingerprint density at radius 1 is 1.53 bits per heavy atom. The lowest BCUT2D eigenvalue weighted by Crippen LogP contribution is -2.45. The largest absolute Gasteiger partial charge is 0.338 e. The summed E-state index contributed by atoms with van der Waals surface area (Å²) in [6.45, 7) is 5.00. The van der Waals surface area contributed by atoms with Gasteiger partial charge in [-0.05, 0) is 38.5 Å². The number of amides is 1. The van der Waals surface area contributed by atoms with Gasteiger partial charge in [0.25, 0.3) is 0 Å². The molecule has 2 unspecified atom stereocenters. The molecule has 0 aromatic heterocycles. The Hall–Kier alpha value is -0.220. The van der Waals surface area contributed by atoms with Crippen molar-refractivity contribution in [2.45, 2.75) is 37.5 Å². The summed E-state index contributed by atoms with van der Waals surface area (Å²) < 4.78 is 0. The second-order valence-corrected chi connectivity index (χ2v) is 5.58. The maximum Gasteiger partial charge on any atom is 0.235 e. The van der Waals surface area contributed by atoms with Gasteiger partial charge in [0.15, 0.2) is 0 Å². The lowest BCUT2D eigenvalue weighted by molar-refractivity contribution is -0.132. The summed E-state index contributed by atoms with van der Waals surface area (Å²) in [5.41, 5.74) is 0. The Balaban J connectivity index is 1.95. The molecule has 0 spiro atoms. The van der Waals surface area contributed by atoms with E-state index in [-0.39, 0.29) is 5.25 Å². The van der Waals surface area contributed by atoms with Gasteiger partial charge in [-0.25, -0.2) is 0 Å². The van der Waals surface area contributed by atoms with E-state index in [9.17, 15) is 4.79 Å². The van der Waals surface area contributed by atoms with Crippen molar-refractivity contribution < 1.29 is 4.79 Å². The monoisotopic (exact) mass is 228 g/mol. The third-order valence-electron chi connectivity index (χ3n) is 3.30. The van der Waals surface area contributed by atoms with Crippen molar-refractivity contribution >= 4 is 17.7 Å². The van der Waals surface area contributed by atoms with Crippen LogP contribution in [0, 0.1) is 0 Å². The molecule has 0 aliphatic carbocycles. The smallest absolute Gasteiger partial charge is 0.235 e. The minimum absolute atomic E-state index is 0.255. The van der Waals surface area contributed by atoms with E-state index in [1.807, 2.05) is 11.8 Å². The fourth-order valence-corrected chi connectivity index (χ4v) is 3.69. The number of likely N-dealkylation sites (N-methyl/N-ethyl adjacent to an activating group) is 1. The average Bonchev–Trinajstić information content (AvgIpc) is 2.91. The van der Waals surface area contributed by atoms with Gasteiger partial charge in [0.05, 0.1) is 5.25 Å². The van der Waals surface area contributed by atoms with E-state index in [0.717, 1.165) is 38.2 Å². The van der Waals surface area contributed by atoms with Crippen LogP contribution in [-0.4, -0.2) is 47.5 Å². The van der Waals surface area contributed by atoms with Crippen LogP contribution in [0.25, 0.3) is 0 Å². The molecule has 2 heterocycles. The highest BCUT2D eigenvalue weighted by Gasteiger charge is 2.32. The number of hydrogen-bond acceptors (Lipinski definition) is 3. The van der Waals surface area contributed by atoms with E-state index in [1.54, 1.807) is 0 Å². The van der Waals surface area contributed by atoms with Crippen LogP contribution >= 0.6 is 11.8 Å². The second kappa shape index (κ2) is 5.21. The summed E-state index contributed by atoms with van der Waals surface area (Å²) in [4.78, 5) is 14.3. The number of nitrogens with one attached hydrogen (secondary N) is 1. The van der Waals surface area contributed by atoms with E-state index in [1.165, 1.54) is 6.42 Å². The fourth-order valence-electron chi connectivity index (χ4n) is 2.46. The highest BCUT2D eigenvalue weighted by atomic mass is 32.2. The van der Waals surface area contributed by atoms with Crippen molar-refractivity contribution in [3.8, 4) is 0 Å². The van der Waals surface area contributed by atoms with E-state index < -0.39 is 0 Å². The van der Waals surface area contributed by atoms with Gasteiger partial charge in [0, 0.05) is 19.1 Å². The van der Waals surface area contributed by atoms with Crippen LogP contribution in [0.15, 0.2) is 0 Å². The fraction of sp³-hybridized carbons (Fsp3) is 0.909. The molecular formula is C11H20N2OS. The molecule has 1 amide bonds. The van der Waals surface area contributed by atoms with Crippen LogP contribution in [0.4, 0.5) is 0 Å². The number of hydrogen-bond donors (Lipinski definition) is 1. The number of nitrogens with zero attached hydrogens (tertiary/aromatic N) is 1. The lowest BCUT2D eigenvalue weighted by Gasteiger charge is -2.29. The highest BCUT2D eigenvalue weighted by molar-refractivity contribution is 8.00. The minimum atomic E-state index is 0.255. The van der Waals surface area contributed by atoms with Crippen LogP contribution < -0.4 is 5.32 Å². The predicted octanol–water partition coefficient (Wildman–Crippen LogP) is 1.09. The van der Waals surface area contributed by atoms with Gasteiger partial charge < -0.3 is 10.2 Å². The molecule has 2 fully saturated rings. The molecule has 0 aromatic rings. The van der Waals surface area contributed by atoms with Crippen molar-refractivity contribution in [2.24, 2.45) is 0 Å². The molecule has 0 radical (unpaired) electrons. The third kappa shape index (κ3) is 2.48. The first-order valence-corrected chi connectivity index (χ1v) is 7.00. The topological polar surface area (TPSA) is 32.3 Å². The van der Waals surface area contributed by atoms with E-state index in [0.29, 0.717) is 11.9 Å². The van der Waals surface area contributed by atoms with Crippen molar-refractivity contribution in [2.75, 3.05) is 25.4 Å². The average molecular weight is 228 g/mol. The summed E-state index contributed by atoms with van der Waals surface area (Å²) in [7, 11) is 0. The van der Waals surface area contributed by atoms with Crippen molar-refractivity contribution in [1.82, 2.24) is 10.2 Å². The third-order valence-corrected chi connectivity index (χ3v) is 4.67. The molecule has 3 nitrogen and oxygen atoms in total. The summed E-state index contributed by atoms with van der Waals surface area (Å²) in [6, 6.07) is 0.448. The predicted molar refractivity (Wildman–Crippen MR) is 64.1 cm³/mol. The number of carbonyl (C=O) groups excluding carboxylic acids is 1. The molecule has 2 atom stereocenters. The zero-order chi connectivity index (χ0) is 10.7. The van der Waals surface area contributed by atoms with E-state index in [4.69, 9.17) is 0 Å². The summed E-state index contributed by atoms with van der Waals surface area (Å²) in [5, 5.41) is 3.59. The van der Waals surface area contributed by atoms with Crippen LogP contribution in [0.5, 0.6) is 0 Å². The molecule has 0 aromatic carbocycles. The van der Waals surface area contributed by atoms with Gasteiger partial charge in [-0.3, -0.25) is 4.79 Å². The minimum Gasteiger partial charge on any atom is -0.338 e. The molecule has 2 rings (SSSR count). The Labute approximate surface area is 96.0 Å². The molecule has 0 bridgehead atoms. The van der Waals surface area contributed by atoms with Gasteiger partial charge in [0.2, 0.25) is 5.91 Å². The standard InChI is InChI=1S/C11H20N2OS/c1-2-13(9-5-6-12-8-9)11(14)10-4-3-7-15-10/h9-10,12H,2-8H2,1H3. The van der Waals surface area contributed by atoms with Crippen molar-refractivity contribution in [3.63, 3.8) is 0 Å². The zero-order valence-electron chi connectivity index (χ0n) is 9.37. The van der Waals surface area contributed by atoms with Crippen LogP contribution in [-0.2, 0) is 4.79 Å². The second-order valence-electron chi connectivity index (χ2n) is 4.27. The zero-order valence-corrected chi connectivity index (χ0v) is 10.2. The quantitative estimate of drug-likeness (QED) is 0.785. The molecule has 2 saturated heterocycles. The van der Waals surface area contributed by atoms with Gasteiger partial charge in [0.1, 0.15) is 0 Å². The molecule has 0 saturated carbocycles. The van der Waals surface area contributed by atoms with E-state index >= 15 is 0 Å². The normalized spacial score (nSPS) is 30.7. The first kappa shape index (κ1) is 11.3. The van der Waals surface area contributed by atoms with Gasteiger partial charge in [-0.15, -0.1) is 11.8 Å². The maximum atomic E-state index is 12.2. The number of thioether (sulfide) groups is 1. The molecule has 86 valence electrons. The van der Waals surface area contributed by atoms with Gasteiger partial charge in [-0.1, -0.05) is 0 Å². The Bertz CT molecular complexity index is 223. The highest BCUT2D eigenvalue weighted by Crippen LogP contribution is 2.28. The summed E-state index contributed by atoms with van der Waals surface area (Å²) >= 11 is 1.84. The van der Waals surface area contributed by atoms with Crippen molar-refractivity contribution in [3.05, 3.63) is 0 Å². The molecule has 2 aliphatic heterocycles. The lowest BCUT2D eigenvalue weighted by atomic mass is 10.1. The molecule has 15 heavy (non-hydrogen) atoms. The summed E-state index contributed by atoms with van der Waals surface area (Å²) in [6.07, 6.45) is 3.42. The molecule has 2 aliphatic rings. The molecule has 1 N–H and O–H groups in total. The molecule has 4 heteroatoms.